The van der Waals surface area contributed by atoms with E-state index in [1.165, 1.54) is 26.0 Å². The third-order valence-corrected chi connectivity index (χ3v) is 3.30. The van der Waals surface area contributed by atoms with Crippen molar-refractivity contribution in [2.75, 3.05) is 6.54 Å². The molecule has 1 aromatic carbocycles. The fourth-order valence-corrected chi connectivity index (χ4v) is 1.98. The number of aromatic hydroxyl groups is 1. The van der Waals surface area contributed by atoms with Crippen LogP contribution >= 0.6 is 0 Å². The Morgan fingerprint density at radius 2 is 1.72 bits per heavy atom. The van der Waals surface area contributed by atoms with Crippen LogP contribution in [0.5, 0.6) is 5.75 Å². The third kappa shape index (κ3) is 7.34. The molecule has 0 spiro atoms. The van der Waals surface area contributed by atoms with E-state index in [-0.39, 0.29) is 18.7 Å². The second-order valence-electron chi connectivity index (χ2n) is 5.53. The smallest absolute Gasteiger partial charge is 0.243 e. The Bertz CT molecular complexity index is 644. The molecule has 0 aliphatic rings. The summed E-state index contributed by atoms with van der Waals surface area (Å²) in [5, 5.41) is 16.5. The van der Waals surface area contributed by atoms with E-state index in [1.54, 1.807) is 12.1 Å². The molecule has 2 atom stereocenters. The Morgan fingerprint density at radius 1 is 1.12 bits per heavy atom. The van der Waals surface area contributed by atoms with Crippen molar-refractivity contribution in [1.29, 1.82) is 0 Å². The van der Waals surface area contributed by atoms with Crippen molar-refractivity contribution in [2.24, 2.45) is 5.73 Å². The zero-order chi connectivity index (χ0) is 19.0. The van der Waals surface area contributed by atoms with Crippen molar-refractivity contribution >= 4 is 23.6 Å². The first-order valence-corrected chi connectivity index (χ1v) is 7.60. The molecule has 1 rings (SSSR count). The largest absolute Gasteiger partial charge is 0.508 e. The van der Waals surface area contributed by atoms with E-state index in [1.807, 2.05) is 0 Å². The number of nitrogens with two attached hydrogens (primary N) is 1. The lowest BCUT2D eigenvalue weighted by Gasteiger charge is -2.18. The van der Waals surface area contributed by atoms with Gasteiger partial charge in [0.1, 0.15) is 17.8 Å². The van der Waals surface area contributed by atoms with Gasteiger partial charge in [-0.3, -0.25) is 19.2 Å². The monoisotopic (exact) mass is 350 g/mol. The SMILES string of the molecule is CC(=O)N[C@@H](Cc1ccc(O)cc1)C(=O)NCC(=O)N[C@@H](C)C(N)=O. The summed E-state index contributed by atoms with van der Waals surface area (Å²) in [6.07, 6.45) is 0.186. The third-order valence-electron chi connectivity index (χ3n) is 3.30. The molecule has 4 amide bonds. The molecule has 9 heteroatoms. The molecule has 0 bridgehead atoms. The van der Waals surface area contributed by atoms with Crippen LogP contribution in [-0.2, 0) is 25.6 Å². The maximum Gasteiger partial charge on any atom is 0.243 e. The standard InChI is InChI=1S/C16H22N4O5/c1-9(15(17)24)19-14(23)8-18-16(25)13(20-10(2)21)7-11-3-5-12(22)6-4-11/h3-6,9,13,22H,7-8H2,1-2H3,(H2,17,24)(H,18,25)(H,19,23)(H,20,21)/t9-,13-/m0/s1. The van der Waals surface area contributed by atoms with Gasteiger partial charge in [-0.1, -0.05) is 12.1 Å². The van der Waals surface area contributed by atoms with E-state index in [2.05, 4.69) is 16.0 Å². The summed E-state index contributed by atoms with van der Waals surface area (Å²) in [6.45, 7) is 2.34. The summed E-state index contributed by atoms with van der Waals surface area (Å²) >= 11 is 0. The van der Waals surface area contributed by atoms with Crippen LogP contribution in [0.15, 0.2) is 24.3 Å². The summed E-state index contributed by atoms with van der Waals surface area (Å²) in [4.78, 5) is 46.1. The van der Waals surface area contributed by atoms with Gasteiger partial charge in [0.2, 0.25) is 23.6 Å². The lowest BCUT2D eigenvalue weighted by Crippen LogP contribution is -2.51. The van der Waals surface area contributed by atoms with Crippen LogP contribution in [0.25, 0.3) is 0 Å². The number of amides is 4. The van der Waals surface area contributed by atoms with E-state index in [9.17, 15) is 24.3 Å². The first kappa shape index (κ1) is 19.9. The number of phenols is 1. The lowest BCUT2D eigenvalue weighted by molar-refractivity contribution is -0.130. The molecule has 9 nitrogen and oxygen atoms in total. The number of carbonyl (C=O) groups excluding carboxylic acids is 4. The predicted molar refractivity (Wildman–Crippen MR) is 89.2 cm³/mol. The molecular formula is C16H22N4O5. The number of primary amides is 1. The minimum atomic E-state index is -0.886. The molecule has 6 N–H and O–H groups in total. The van der Waals surface area contributed by atoms with Gasteiger partial charge in [0.25, 0.3) is 0 Å². The number of hydrogen-bond donors (Lipinski definition) is 5. The minimum absolute atomic E-state index is 0.0875. The fourth-order valence-electron chi connectivity index (χ4n) is 1.98. The second-order valence-corrected chi connectivity index (χ2v) is 5.53. The van der Waals surface area contributed by atoms with E-state index in [4.69, 9.17) is 5.73 Å². The Morgan fingerprint density at radius 3 is 2.24 bits per heavy atom. The minimum Gasteiger partial charge on any atom is -0.508 e. The maximum atomic E-state index is 12.2. The summed E-state index contributed by atoms with van der Waals surface area (Å²) < 4.78 is 0. The van der Waals surface area contributed by atoms with Gasteiger partial charge in [-0.2, -0.15) is 0 Å². The van der Waals surface area contributed by atoms with E-state index < -0.39 is 35.7 Å². The van der Waals surface area contributed by atoms with Crippen LogP contribution < -0.4 is 21.7 Å². The molecule has 1 aromatic rings. The Kier molecular flexibility index (Phi) is 7.39. The first-order chi connectivity index (χ1) is 11.7. The van der Waals surface area contributed by atoms with Gasteiger partial charge >= 0.3 is 0 Å². The van der Waals surface area contributed by atoms with Gasteiger partial charge < -0.3 is 26.8 Å². The second kappa shape index (κ2) is 9.26. The molecule has 0 aliphatic carbocycles. The molecule has 0 saturated carbocycles. The van der Waals surface area contributed by atoms with Gasteiger partial charge in [-0.05, 0) is 24.6 Å². The molecule has 0 saturated heterocycles. The molecule has 0 unspecified atom stereocenters. The highest BCUT2D eigenvalue weighted by Gasteiger charge is 2.21. The lowest BCUT2D eigenvalue weighted by atomic mass is 10.0. The van der Waals surface area contributed by atoms with Crippen molar-refractivity contribution in [2.45, 2.75) is 32.4 Å². The van der Waals surface area contributed by atoms with E-state index in [0.29, 0.717) is 0 Å². The van der Waals surface area contributed by atoms with Crippen LogP contribution in [0.2, 0.25) is 0 Å². The number of carbonyl (C=O) groups is 4. The Labute approximate surface area is 145 Å². The van der Waals surface area contributed by atoms with Crippen molar-refractivity contribution in [3.8, 4) is 5.75 Å². The van der Waals surface area contributed by atoms with Crippen LogP contribution in [0.4, 0.5) is 0 Å². The average molecular weight is 350 g/mol. The predicted octanol–water partition coefficient (Wildman–Crippen LogP) is -1.45. The highest BCUT2D eigenvalue weighted by atomic mass is 16.3. The number of rotatable bonds is 8. The summed E-state index contributed by atoms with van der Waals surface area (Å²) in [5.74, 6) is -2.13. The number of benzene rings is 1. The van der Waals surface area contributed by atoms with Crippen LogP contribution in [0, 0.1) is 0 Å². The molecule has 0 fully saturated rings. The number of hydrogen-bond acceptors (Lipinski definition) is 5. The van der Waals surface area contributed by atoms with Crippen LogP contribution in [0.1, 0.15) is 19.4 Å². The molecule has 136 valence electrons. The molecule has 0 aromatic heterocycles. The molecule has 0 radical (unpaired) electrons. The van der Waals surface area contributed by atoms with Crippen molar-refractivity contribution in [3.63, 3.8) is 0 Å². The van der Waals surface area contributed by atoms with Gasteiger partial charge in [0.05, 0.1) is 6.54 Å². The molecular weight excluding hydrogens is 328 g/mol. The summed E-state index contributed by atoms with van der Waals surface area (Å²) in [7, 11) is 0. The molecule has 0 heterocycles. The quantitative estimate of drug-likeness (QED) is 0.388. The summed E-state index contributed by atoms with van der Waals surface area (Å²) in [5.41, 5.74) is 5.75. The van der Waals surface area contributed by atoms with Crippen molar-refractivity contribution in [3.05, 3.63) is 29.8 Å². The number of nitrogens with one attached hydrogen (secondary N) is 3. The average Bonchev–Trinajstić information content (AvgIpc) is 2.53. The number of phenolic OH excluding ortho intramolecular Hbond substituents is 1. The highest BCUT2D eigenvalue weighted by Crippen LogP contribution is 2.11. The normalized spacial score (nSPS) is 12.6. The molecule has 25 heavy (non-hydrogen) atoms. The van der Waals surface area contributed by atoms with Gasteiger partial charge in [-0.15, -0.1) is 0 Å². The van der Waals surface area contributed by atoms with Gasteiger partial charge in [0.15, 0.2) is 0 Å². The van der Waals surface area contributed by atoms with E-state index in [0.717, 1.165) is 5.56 Å². The first-order valence-electron chi connectivity index (χ1n) is 7.60. The highest BCUT2D eigenvalue weighted by molar-refractivity contribution is 5.92. The van der Waals surface area contributed by atoms with E-state index >= 15 is 0 Å². The summed E-state index contributed by atoms with van der Waals surface area (Å²) in [6, 6.07) is 4.45. The fraction of sp³-hybridized carbons (Fsp3) is 0.375. The van der Waals surface area contributed by atoms with Crippen LogP contribution in [-0.4, -0.2) is 47.4 Å². The van der Waals surface area contributed by atoms with Gasteiger partial charge in [0, 0.05) is 13.3 Å². The Balaban J connectivity index is 2.64. The zero-order valence-electron chi connectivity index (χ0n) is 14.0. The van der Waals surface area contributed by atoms with Crippen molar-refractivity contribution < 1.29 is 24.3 Å². The van der Waals surface area contributed by atoms with Crippen LogP contribution in [0.3, 0.4) is 0 Å². The van der Waals surface area contributed by atoms with Gasteiger partial charge in [-0.25, -0.2) is 0 Å². The Hall–Kier alpha value is -3.10. The zero-order valence-corrected chi connectivity index (χ0v) is 14.0. The maximum absolute atomic E-state index is 12.2. The van der Waals surface area contributed by atoms with Crippen molar-refractivity contribution in [1.82, 2.24) is 16.0 Å². The molecule has 0 aliphatic heterocycles. The topological polar surface area (TPSA) is 151 Å².